The van der Waals surface area contributed by atoms with Crippen LogP contribution in [0.4, 0.5) is 0 Å². The molecule has 1 saturated heterocycles. The first-order chi connectivity index (χ1) is 12.8. The number of rotatable bonds is 10. The molecular formula is C17H23NO8S. The van der Waals surface area contributed by atoms with Crippen molar-refractivity contribution >= 4 is 22.0 Å². The predicted octanol–water partition coefficient (Wildman–Crippen LogP) is 0.296. The highest BCUT2D eigenvalue weighted by Gasteiger charge is 2.41. The molecule has 0 bridgehead atoms. The minimum absolute atomic E-state index is 0.114. The van der Waals surface area contributed by atoms with Gasteiger partial charge in [-0.05, 0) is 5.56 Å². The molecule has 0 aromatic heterocycles. The number of hydrogen-bond donors (Lipinski definition) is 0. The van der Waals surface area contributed by atoms with Crippen LogP contribution in [0, 0.1) is 0 Å². The van der Waals surface area contributed by atoms with Crippen molar-refractivity contribution in [2.24, 2.45) is 0 Å². The maximum absolute atomic E-state index is 12.5. The highest BCUT2D eigenvalue weighted by molar-refractivity contribution is 7.85. The average molecular weight is 401 g/mol. The zero-order valence-electron chi connectivity index (χ0n) is 15.2. The number of ether oxygens (including phenoxy) is 3. The fourth-order valence-electron chi connectivity index (χ4n) is 2.61. The van der Waals surface area contributed by atoms with Crippen molar-refractivity contribution in [1.29, 1.82) is 0 Å². The maximum atomic E-state index is 12.5. The van der Waals surface area contributed by atoms with E-state index >= 15 is 0 Å². The van der Waals surface area contributed by atoms with Gasteiger partial charge in [0.1, 0.15) is 19.4 Å². The number of hydrogen-bond acceptors (Lipinski definition) is 8. The Kier molecular flexibility index (Phi) is 7.72. The molecule has 150 valence electrons. The topological polar surface area (TPSA) is 108 Å². The third kappa shape index (κ3) is 6.90. The van der Waals surface area contributed by atoms with E-state index in [0.29, 0.717) is 6.61 Å². The fourth-order valence-corrected chi connectivity index (χ4v) is 3.02. The Hall–Kier alpha value is -2.01. The molecule has 1 aromatic rings. The van der Waals surface area contributed by atoms with Crippen molar-refractivity contribution in [3.8, 4) is 0 Å². The van der Waals surface area contributed by atoms with Gasteiger partial charge in [-0.25, -0.2) is 0 Å². The summed E-state index contributed by atoms with van der Waals surface area (Å²) in [5, 5.41) is 0. The van der Waals surface area contributed by atoms with Crippen LogP contribution in [0.25, 0.3) is 0 Å². The molecule has 0 spiro atoms. The largest absolute Gasteiger partial charge is 0.468 e. The molecule has 2 atom stereocenters. The lowest BCUT2D eigenvalue weighted by Crippen LogP contribution is -2.41. The molecule has 2 rings (SSSR count). The van der Waals surface area contributed by atoms with Crippen LogP contribution in [-0.2, 0) is 44.7 Å². The van der Waals surface area contributed by atoms with Gasteiger partial charge in [0.25, 0.3) is 16.0 Å². The Bertz CT molecular complexity index is 737. The molecule has 0 N–H and O–H groups in total. The van der Waals surface area contributed by atoms with Gasteiger partial charge in [-0.15, -0.1) is 0 Å². The van der Waals surface area contributed by atoms with Crippen LogP contribution in [-0.4, -0.2) is 70.7 Å². The van der Waals surface area contributed by atoms with E-state index in [1.807, 2.05) is 30.3 Å². The number of benzene rings is 1. The molecule has 9 nitrogen and oxygen atoms in total. The molecule has 1 aromatic carbocycles. The second-order valence-electron chi connectivity index (χ2n) is 6.03. The van der Waals surface area contributed by atoms with Crippen LogP contribution >= 0.6 is 0 Å². The quantitative estimate of drug-likeness (QED) is 0.238. The number of likely N-dealkylation sites (tertiary alicyclic amines) is 1. The summed E-state index contributed by atoms with van der Waals surface area (Å²) in [6.07, 6.45) is 0.249. The van der Waals surface area contributed by atoms with Crippen molar-refractivity contribution in [1.82, 2.24) is 4.90 Å². The fraction of sp³-hybridized carbons (Fsp3) is 0.529. The Balaban J connectivity index is 1.89. The van der Waals surface area contributed by atoms with Gasteiger partial charge in [-0.2, -0.15) is 8.42 Å². The third-order valence-corrected chi connectivity index (χ3v) is 4.52. The van der Waals surface area contributed by atoms with E-state index in [4.69, 9.17) is 13.7 Å². The number of carbonyl (C=O) groups is 2. The van der Waals surface area contributed by atoms with Gasteiger partial charge in [-0.1, -0.05) is 30.3 Å². The summed E-state index contributed by atoms with van der Waals surface area (Å²) < 4.78 is 42.7. The zero-order valence-corrected chi connectivity index (χ0v) is 16.0. The van der Waals surface area contributed by atoms with Gasteiger partial charge >= 0.3 is 5.97 Å². The van der Waals surface area contributed by atoms with Crippen molar-refractivity contribution in [3.63, 3.8) is 0 Å². The van der Waals surface area contributed by atoms with Crippen molar-refractivity contribution in [3.05, 3.63) is 35.9 Å². The predicted molar refractivity (Wildman–Crippen MR) is 93.9 cm³/mol. The maximum Gasteiger partial charge on any atom is 0.325 e. The molecule has 27 heavy (non-hydrogen) atoms. The summed E-state index contributed by atoms with van der Waals surface area (Å²) in [5.74, 6) is -1.06. The van der Waals surface area contributed by atoms with E-state index in [9.17, 15) is 18.0 Å². The van der Waals surface area contributed by atoms with Crippen LogP contribution < -0.4 is 0 Å². The van der Waals surface area contributed by atoms with Crippen molar-refractivity contribution in [2.75, 3.05) is 33.3 Å². The average Bonchev–Trinajstić information content (AvgIpc) is 2.92. The van der Waals surface area contributed by atoms with Crippen LogP contribution in [0.1, 0.15) is 12.0 Å². The number of esters is 1. The van der Waals surface area contributed by atoms with Crippen LogP contribution in [0.3, 0.4) is 0 Å². The second-order valence-corrected chi connectivity index (χ2v) is 7.67. The van der Waals surface area contributed by atoms with E-state index in [1.165, 1.54) is 12.0 Å². The molecule has 1 heterocycles. The summed E-state index contributed by atoms with van der Waals surface area (Å²) in [4.78, 5) is 25.2. The van der Waals surface area contributed by atoms with E-state index in [0.717, 1.165) is 11.8 Å². The number of methoxy groups -OCH3 is 1. The normalized spacial score (nSPS) is 20.1. The number of amides is 1. The lowest BCUT2D eigenvalue weighted by Gasteiger charge is -2.22. The first-order valence-electron chi connectivity index (χ1n) is 8.25. The Morgan fingerprint density at radius 1 is 1.26 bits per heavy atom. The number of carbonyl (C=O) groups excluding carboxylic acids is 2. The SMILES string of the molecule is COC(=O)CN1C(=O)[C@@H](OCOCc2ccccc2)C[C@@H]1COS(C)(=O)=O. The summed E-state index contributed by atoms with van der Waals surface area (Å²) >= 11 is 0. The molecule has 1 aliphatic heterocycles. The van der Waals surface area contributed by atoms with Gasteiger partial charge in [0.15, 0.2) is 0 Å². The summed E-state index contributed by atoms with van der Waals surface area (Å²) in [6, 6.07) is 8.85. The third-order valence-electron chi connectivity index (χ3n) is 3.95. The van der Waals surface area contributed by atoms with Gasteiger partial charge in [0.2, 0.25) is 0 Å². The molecule has 1 fully saturated rings. The molecular weight excluding hydrogens is 378 g/mol. The lowest BCUT2D eigenvalue weighted by molar-refractivity contribution is -0.153. The summed E-state index contributed by atoms with van der Waals surface area (Å²) in [7, 11) is -2.47. The monoisotopic (exact) mass is 401 g/mol. The van der Waals surface area contributed by atoms with Crippen LogP contribution in [0.15, 0.2) is 30.3 Å². The van der Waals surface area contributed by atoms with Gasteiger partial charge in [-0.3, -0.25) is 13.8 Å². The minimum atomic E-state index is -3.68. The molecule has 1 aliphatic rings. The standard InChI is InChI=1S/C17H23NO8S/c1-23-16(19)9-18-14(11-26-27(2,21)22)8-15(17(18)20)25-12-24-10-13-6-4-3-5-7-13/h3-7,14-15H,8-12H2,1-2H3/t14-,15+/m1/s1. The lowest BCUT2D eigenvalue weighted by atomic mass is 10.2. The highest BCUT2D eigenvalue weighted by Crippen LogP contribution is 2.23. The molecule has 0 saturated carbocycles. The molecule has 0 radical (unpaired) electrons. The molecule has 10 heteroatoms. The summed E-state index contributed by atoms with van der Waals surface area (Å²) in [6.45, 7) is -0.352. The first-order valence-corrected chi connectivity index (χ1v) is 10.1. The summed E-state index contributed by atoms with van der Waals surface area (Å²) in [5.41, 5.74) is 0.964. The van der Waals surface area contributed by atoms with Gasteiger partial charge in [0, 0.05) is 6.42 Å². The first kappa shape index (κ1) is 21.3. The van der Waals surface area contributed by atoms with Crippen LogP contribution in [0.5, 0.6) is 0 Å². The zero-order chi connectivity index (χ0) is 19.9. The molecule has 1 amide bonds. The van der Waals surface area contributed by atoms with Gasteiger partial charge < -0.3 is 19.1 Å². The van der Waals surface area contributed by atoms with Gasteiger partial charge in [0.05, 0.1) is 32.6 Å². The Labute approximate surface area is 158 Å². The van der Waals surface area contributed by atoms with Crippen LogP contribution in [0.2, 0.25) is 0 Å². The van der Waals surface area contributed by atoms with Crippen molar-refractivity contribution < 1.29 is 36.4 Å². The second kappa shape index (κ2) is 9.79. The molecule has 0 aliphatic carbocycles. The number of nitrogens with zero attached hydrogens (tertiary/aromatic N) is 1. The minimum Gasteiger partial charge on any atom is -0.468 e. The Morgan fingerprint density at radius 2 is 1.96 bits per heavy atom. The van der Waals surface area contributed by atoms with E-state index < -0.39 is 34.1 Å². The smallest absolute Gasteiger partial charge is 0.325 e. The Morgan fingerprint density at radius 3 is 2.59 bits per heavy atom. The van der Waals surface area contributed by atoms with E-state index in [-0.39, 0.29) is 26.4 Å². The van der Waals surface area contributed by atoms with Crippen molar-refractivity contribution in [2.45, 2.75) is 25.2 Å². The highest BCUT2D eigenvalue weighted by atomic mass is 32.2. The van der Waals surface area contributed by atoms with E-state index in [1.54, 1.807) is 0 Å². The van der Waals surface area contributed by atoms with E-state index in [2.05, 4.69) is 4.74 Å². The molecule has 0 unspecified atom stereocenters.